The number of benzene rings is 2. The summed E-state index contributed by atoms with van der Waals surface area (Å²) in [6, 6.07) is 15.9. The van der Waals surface area contributed by atoms with Gasteiger partial charge in [-0.15, -0.1) is 0 Å². The zero-order chi connectivity index (χ0) is 14.1. The van der Waals surface area contributed by atoms with Gasteiger partial charge in [-0.05, 0) is 24.4 Å². The van der Waals surface area contributed by atoms with Gasteiger partial charge >= 0.3 is 0 Å². The van der Waals surface area contributed by atoms with Crippen LogP contribution in [-0.4, -0.2) is 22.2 Å². The van der Waals surface area contributed by atoms with Crippen molar-refractivity contribution in [1.29, 1.82) is 0 Å². The van der Waals surface area contributed by atoms with E-state index in [0.29, 0.717) is 5.11 Å². The lowest BCUT2D eigenvalue weighted by Crippen LogP contribution is -2.36. The van der Waals surface area contributed by atoms with E-state index in [4.69, 9.17) is 18.1 Å². The molecule has 3 rings (SSSR count). The molecule has 0 saturated heterocycles. The molecule has 3 N–H and O–H groups in total. The van der Waals surface area contributed by atoms with E-state index >= 15 is 0 Å². The Hall–Kier alpha value is -2.24. The molecule has 2 aromatic carbocycles. The first kappa shape index (κ1) is 12.8. The second-order valence-electron chi connectivity index (χ2n) is 4.56. The highest BCUT2D eigenvalue weighted by Crippen LogP contribution is 2.30. The number of hydrazine groups is 1. The molecule has 5 heteroatoms. The van der Waals surface area contributed by atoms with Crippen LogP contribution in [-0.2, 0) is 0 Å². The Labute approximate surface area is 122 Å². The van der Waals surface area contributed by atoms with Gasteiger partial charge in [0.05, 0.1) is 16.7 Å². The van der Waals surface area contributed by atoms with E-state index in [1.54, 1.807) is 7.05 Å². The Morgan fingerprint density at radius 1 is 1.05 bits per heavy atom. The Balaban J connectivity index is 2.30. The maximum Gasteiger partial charge on any atom is 0.187 e. The monoisotopic (exact) mass is 282 g/mol. The second-order valence-corrected chi connectivity index (χ2v) is 4.95. The molecule has 0 aliphatic rings. The largest absolute Gasteiger partial charge is 0.330 e. The van der Waals surface area contributed by atoms with Crippen molar-refractivity contribution in [2.45, 2.75) is 0 Å². The second kappa shape index (κ2) is 5.03. The number of anilines is 1. The smallest absolute Gasteiger partial charge is 0.187 e. The van der Waals surface area contributed by atoms with Crippen molar-refractivity contribution in [2.24, 2.45) is 5.84 Å². The molecule has 0 bridgehead atoms. The number of nitrogens with one attached hydrogen (secondary N) is 1. The first-order valence-electron chi connectivity index (χ1n) is 6.24. The molecule has 0 radical (unpaired) electrons. The van der Waals surface area contributed by atoms with Gasteiger partial charge in [-0.3, -0.25) is 5.01 Å². The van der Waals surface area contributed by atoms with E-state index in [1.807, 2.05) is 48.5 Å². The number of nitrogens with zero attached hydrogens (tertiary/aromatic N) is 2. The number of nitrogens with two attached hydrogens (primary N) is 1. The van der Waals surface area contributed by atoms with Crippen molar-refractivity contribution < 1.29 is 0 Å². The number of aromatic nitrogens is 1. The maximum absolute atomic E-state index is 5.69. The SMILES string of the molecule is CN(N)C(=S)Nc1c2ccccc2nc2ccccc12. The van der Waals surface area contributed by atoms with Gasteiger partial charge in [0.15, 0.2) is 5.11 Å². The standard InChI is InChI=1S/C15H14N4S/c1-19(16)15(20)18-14-10-6-2-4-8-12(10)17-13-9-5-3-7-11(13)14/h2-9H,16H2,1H3,(H,17,18,20). The molecule has 1 aromatic heterocycles. The van der Waals surface area contributed by atoms with E-state index in [-0.39, 0.29) is 0 Å². The number of thiocarbonyl (C=S) groups is 1. The fraction of sp³-hybridized carbons (Fsp3) is 0.0667. The first-order chi connectivity index (χ1) is 9.66. The zero-order valence-electron chi connectivity index (χ0n) is 11.0. The summed E-state index contributed by atoms with van der Waals surface area (Å²) >= 11 is 5.26. The van der Waals surface area contributed by atoms with Crippen LogP contribution < -0.4 is 11.2 Å². The summed E-state index contributed by atoms with van der Waals surface area (Å²) in [5.41, 5.74) is 2.79. The van der Waals surface area contributed by atoms with E-state index in [2.05, 4.69) is 10.3 Å². The molecule has 100 valence electrons. The van der Waals surface area contributed by atoms with Gasteiger partial charge in [0.2, 0.25) is 0 Å². The highest BCUT2D eigenvalue weighted by molar-refractivity contribution is 7.80. The Morgan fingerprint density at radius 2 is 1.55 bits per heavy atom. The molecule has 3 aromatic rings. The average Bonchev–Trinajstić information content (AvgIpc) is 2.46. The summed E-state index contributed by atoms with van der Waals surface area (Å²) in [7, 11) is 1.71. The average molecular weight is 282 g/mol. The molecule has 0 saturated carbocycles. The molecular weight excluding hydrogens is 268 g/mol. The lowest BCUT2D eigenvalue weighted by molar-refractivity contribution is 0.548. The molecule has 4 nitrogen and oxygen atoms in total. The molecular formula is C15H14N4S. The summed E-state index contributed by atoms with van der Waals surface area (Å²) in [5, 5.41) is 7.12. The van der Waals surface area contributed by atoms with Gasteiger partial charge in [0, 0.05) is 17.8 Å². The third kappa shape index (κ3) is 2.17. The minimum absolute atomic E-state index is 0.464. The van der Waals surface area contributed by atoms with Gasteiger partial charge in [-0.1, -0.05) is 36.4 Å². The van der Waals surface area contributed by atoms with Crippen LogP contribution in [0.5, 0.6) is 0 Å². The van der Waals surface area contributed by atoms with Gasteiger partial charge < -0.3 is 5.32 Å². The van der Waals surface area contributed by atoms with Crippen LogP contribution in [0.4, 0.5) is 5.69 Å². The van der Waals surface area contributed by atoms with Crippen molar-refractivity contribution in [3.05, 3.63) is 48.5 Å². The first-order valence-corrected chi connectivity index (χ1v) is 6.64. The number of fused-ring (bicyclic) bond motifs is 2. The minimum Gasteiger partial charge on any atom is -0.330 e. The van der Waals surface area contributed by atoms with Crippen LogP contribution in [0, 0.1) is 0 Å². The molecule has 20 heavy (non-hydrogen) atoms. The molecule has 0 unspecified atom stereocenters. The van der Waals surface area contributed by atoms with Crippen LogP contribution in [0.15, 0.2) is 48.5 Å². The topological polar surface area (TPSA) is 54.2 Å². The Morgan fingerprint density at radius 3 is 2.05 bits per heavy atom. The highest BCUT2D eigenvalue weighted by atomic mass is 32.1. The predicted molar refractivity (Wildman–Crippen MR) is 87.4 cm³/mol. The minimum atomic E-state index is 0.464. The summed E-state index contributed by atoms with van der Waals surface area (Å²) in [6.45, 7) is 0. The van der Waals surface area contributed by atoms with Gasteiger partial charge in [-0.2, -0.15) is 0 Å². The molecule has 0 amide bonds. The van der Waals surface area contributed by atoms with E-state index in [1.165, 1.54) is 5.01 Å². The normalized spacial score (nSPS) is 10.7. The number of hydrogen-bond acceptors (Lipinski definition) is 3. The fourth-order valence-corrected chi connectivity index (χ4v) is 2.27. The fourth-order valence-electron chi connectivity index (χ4n) is 2.17. The van der Waals surface area contributed by atoms with Gasteiger partial charge in [-0.25, -0.2) is 10.8 Å². The quantitative estimate of drug-likeness (QED) is 0.311. The van der Waals surface area contributed by atoms with Crippen molar-refractivity contribution in [3.63, 3.8) is 0 Å². The zero-order valence-corrected chi connectivity index (χ0v) is 11.8. The van der Waals surface area contributed by atoms with Gasteiger partial charge in [0.1, 0.15) is 0 Å². The number of pyridine rings is 1. The van der Waals surface area contributed by atoms with Crippen molar-refractivity contribution >= 4 is 44.8 Å². The summed E-state index contributed by atoms with van der Waals surface area (Å²) in [6.07, 6.45) is 0. The highest BCUT2D eigenvalue weighted by Gasteiger charge is 2.10. The summed E-state index contributed by atoms with van der Waals surface area (Å²) in [5.74, 6) is 5.69. The van der Waals surface area contributed by atoms with Crippen molar-refractivity contribution in [1.82, 2.24) is 9.99 Å². The van der Waals surface area contributed by atoms with Gasteiger partial charge in [0.25, 0.3) is 0 Å². The van der Waals surface area contributed by atoms with E-state index in [9.17, 15) is 0 Å². The maximum atomic E-state index is 5.69. The molecule has 0 spiro atoms. The number of hydrogen-bond donors (Lipinski definition) is 2. The van der Waals surface area contributed by atoms with Crippen LogP contribution >= 0.6 is 12.2 Å². The summed E-state index contributed by atoms with van der Waals surface area (Å²) in [4.78, 5) is 4.66. The van der Waals surface area contributed by atoms with Crippen LogP contribution in [0.2, 0.25) is 0 Å². The Kier molecular flexibility index (Phi) is 3.22. The third-order valence-corrected chi connectivity index (χ3v) is 3.53. The van der Waals surface area contributed by atoms with Crippen LogP contribution in [0.25, 0.3) is 21.8 Å². The predicted octanol–water partition coefficient (Wildman–Crippen LogP) is 2.89. The van der Waals surface area contributed by atoms with Crippen molar-refractivity contribution in [2.75, 3.05) is 12.4 Å². The van der Waals surface area contributed by atoms with Crippen molar-refractivity contribution in [3.8, 4) is 0 Å². The molecule has 0 aliphatic carbocycles. The lowest BCUT2D eigenvalue weighted by Gasteiger charge is -2.18. The van der Waals surface area contributed by atoms with E-state index in [0.717, 1.165) is 27.5 Å². The Bertz CT molecular complexity index is 744. The molecule has 0 atom stereocenters. The van der Waals surface area contributed by atoms with E-state index < -0.39 is 0 Å². The van der Waals surface area contributed by atoms with Crippen LogP contribution in [0.3, 0.4) is 0 Å². The molecule has 0 fully saturated rings. The lowest BCUT2D eigenvalue weighted by atomic mass is 10.1. The number of rotatable bonds is 1. The third-order valence-electron chi connectivity index (χ3n) is 3.14. The van der Waals surface area contributed by atoms with Crippen LogP contribution in [0.1, 0.15) is 0 Å². The number of para-hydroxylation sites is 2. The summed E-state index contributed by atoms with van der Waals surface area (Å²) < 4.78 is 0. The molecule has 1 heterocycles. The molecule has 0 aliphatic heterocycles.